The quantitative estimate of drug-likeness (QED) is 0.400. The maximum absolute atomic E-state index is 4.84. The number of quaternary nitrogens is 1. The molecule has 1 aliphatic rings. The van der Waals surface area contributed by atoms with E-state index in [2.05, 4.69) is 41.1 Å². The average Bonchev–Trinajstić information content (AvgIpc) is 2.69. The van der Waals surface area contributed by atoms with Gasteiger partial charge < -0.3 is 33.4 Å². The van der Waals surface area contributed by atoms with Gasteiger partial charge in [-0.1, -0.05) is 12.1 Å². The summed E-state index contributed by atoms with van der Waals surface area (Å²) in [4.78, 5) is 16.3. The van der Waals surface area contributed by atoms with Crippen LogP contribution in [-0.2, 0) is 0 Å². The van der Waals surface area contributed by atoms with Crippen molar-refractivity contribution in [2.75, 3.05) is 45.2 Å². The van der Waals surface area contributed by atoms with Crippen LogP contribution in [0.2, 0.25) is 0 Å². The van der Waals surface area contributed by atoms with E-state index in [0.717, 1.165) is 53.4 Å². The van der Waals surface area contributed by atoms with E-state index < -0.39 is 0 Å². The number of hydrogen-bond donors (Lipinski definition) is 0. The molecule has 140 valence electrons. The molecule has 1 fully saturated rings. The van der Waals surface area contributed by atoms with Gasteiger partial charge in [0.05, 0.1) is 63.1 Å². The van der Waals surface area contributed by atoms with Gasteiger partial charge in [0.15, 0.2) is 0 Å². The second-order valence-corrected chi connectivity index (χ2v) is 7.40. The first-order chi connectivity index (χ1) is 12.6. The molecular formula is C21H24IN5. The summed E-state index contributed by atoms with van der Waals surface area (Å²) in [6, 6.07) is 16.2. The van der Waals surface area contributed by atoms with Crippen LogP contribution in [-0.4, -0.2) is 59.7 Å². The molecule has 1 saturated heterocycles. The number of hydrogen-bond acceptors (Lipinski definition) is 4. The predicted molar refractivity (Wildman–Crippen MR) is 105 cm³/mol. The zero-order valence-electron chi connectivity index (χ0n) is 15.7. The van der Waals surface area contributed by atoms with Gasteiger partial charge in [-0.2, -0.15) is 0 Å². The summed E-state index contributed by atoms with van der Waals surface area (Å²) in [6.45, 7) is 4.36. The third-order valence-electron chi connectivity index (χ3n) is 4.98. The summed E-state index contributed by atoms with van der Waals surface area (Å²) < 4.78 is 1.07. The lowest BCUT2D eigenvalue weighted by Crippen LogP contribution is -3.00. The topological polar surface area (TPSA) is 41.9 Å². The summed E-state index contributed by atoms with van der Waals surface area (Å²) in [7, 11) is 4.59. The molecule has 4 rings (SSSR count). The van der Waals surface area contributed by atoms with E-state index in [1.807, 2.05) is 48.8 Å². The van der Waals surface area contributed by atoms with Crippen molar-refractivity contribution in [3.8, 4) is 22.8 Å². The Kier molecular flexibility index (Phi) is 6.06. The highest BCUT2D eigenvalue weighted by molar-refractivity contribution is 5.69. The molecular weight excluding hydrogens is 449 g/mol. The van der Waals surface area contributed by atoms with Gasteiger partial charge in [0.2, 0.25) is 0 Å². The number of halogens is 1. The van der Waals surface area contributed by atoms with E-state index in [9.17, 15) is 0 Å². The Bertz CT molecular complexity index is 816. The molecule has 0 amide bonds. The van der Waals surface area contributed by atoms with Gasteiger partial charge in [0.25, 0.3) is 0 Å². The molecule has 27 heavy (non-hydrogen) atoms. The molecule has 0 aliphatic carbocycles. The Hall–Kier alpha value is -2.06. The van der Waals surface area contributed by atoms with E-state index in [0.29, 0.717) is 0 Å². The van der Waals surface area contributed by atoms with Crippen LogP contribution in [0.1, 0.15) is 0 Å². The van der Waals surface area contributed by atoms with Gasteiger partial charge in [-0.25, -0.2) is 4.98 Å². The third-order valence-corrected chi connectivity index (χ3v) is 4.98. The Labute approximate surface area is 177 Å². The van der Waals surface area contributed by atoms with Crippen molar-refractivity contribution in [1.82, 2.24) is 15.0 Å². The standard InChI is InChI=1S/C21H24N5.HI/c1-26(2)13-11-25(12-14-26)17-15-20(18-7-3-5-9-22-18)24-21(16-17)19-8-4-6-10-23-19;/h3-10,15-16H,11-14H2,1-2H3;1H/q+1;/p-1. The largest absolute Gasteiger partial charge is 1.00 e. The van der Waals surface area contributed by atoms with Gasteiger partial charge in [-0.3, -0.25) is 9.97 Å². The van der Waals surface area contributed by atoms with Gasteiger partial charge in [0.1, 0.15) is 0 Å². The number of likely N-dealkylation sites (N-methyl/N-ethyl adjacent to an activating group) is 1. The lowest BCUT2D eigenvalue weighted by molar-refractivity contribution is -0.890. The van der Waals surface area contributed by atoms with Crippen molar-refractivity contribution in [1.29, 1.82) is 0 Å². The number of pyridine rings is 3. The maximum Gasteiger partial charge on any atom is 0.0961 e. The minimum absolute atomic E-state index is 0. The monoisotopic (exact) mass is 473 g/mol. The number of rotatable bonds is 3. The summed E-state index contributed by atoms with van der Waals surface area (Å²) >= 11 is 0. The number of nitrogens with zero attached hydrogens (tertiary/aromatic N) is 5. The molecule has 0 atom stereocenters. The van der Waals surface area contributed by atoms with Crippen molar-refractivity contribution >= 4 is 5.69 Å². The van der Waals surface area contributed by atoms with Crippen molar-refractivity contribution in [2.24, 2.45) is 0 Å². The molecule has 0 aromatic carbocycles. The normalized spacial score (nSPS) is 15.9. The maximum atomic E-state index is 4.84. The number of aromatic nitrogens is 3. The zero-order chi connectivity index (χ0) is 18.0. The third kappa shape index (κ3) is 4.62. The molecule has 6 heteroatoms. The minimum Gasteiger partial charge on any atom is -1.00 e. The van der Waals surface area contributed by atoms with Crippen LogP contribution in [0.25, 0.3) is 22.8 Å². The lowest BCUT2D eigenvalue weighted by atomic mass is 10.1. The molecule has 0 bridgehead atoms. The molecule has 0 spiro atoms. The van der Waals surface area contributed by atoms with Crippen LogP contribution in [0.5, 0.6) is 0 Å². The van der Waals surface area contributed by atoms with E-state index in [4.69, 9.17) is 4.98 Å². The molecule has 3 aromatic rings. The molecule has 3 aromatic heterocycles. The zero-order valence-corrected chi connectivity index (χ0v) is 17.9. The van der Waals surface area contributed by atoms with E-state index in [-0.39, 0.29) is 24.0 Å². The van der Waals surface area contributed by atoms with E-state index in [1.165, 1.54) is 5.69 Å². The van der Waals surface area contributed by atoms with Gasteiger partial charge in [0, 0.05) is 18.1 Å². The van der Waals surface area contributed by atoms with Crippen LogP contribution >= 0.6 is 0 Å². The first-order valence-electron chi connectivity index (χ1n) is 9.03. The first kappa shape index (κ1) is 19.7. The molecule has 0 unspecified atom stereocenters. The second-order valence-electron chi connectivity index (χ2n) is 7.40. The Morgan fingerprint density at radius 1 is 0.778 bits per heavy atom. The molecule has 0 saturated carbocycles. The SMILES string of the molecule is C[N+]1(C)CCN(c2cc(-c3ccccn3)nc(-c3ccccn3)c2)CC1.[I-]. The van der Waals surface area contributed by atoms with Crippen LogP contribution in [0.3, 0.4) is 0 Å². The first-order valence-corrected chi connectivity index (χ1v) is 9.03. The van der Waals surface area contributed by atoms with Crippen molar-refractivity contribution in [3.05, 3.63) is 60.9 Å². The number of anilines is 1. The highest BCUT2D eigenvalue weighted by Gasteiger charge is 2.25. The Morgan fingerprint density at radius 3 is 1.74 bits per heavy atom. The van der Waals surface area contributed by atoms with Gasteiger partial charge >= 0.3 is 0 Å². The van der Waals surface area contributed by atoms with E-state index in [1.54, 1.807) is 0 Å². The van der Waals surface area contributed by atoms with Gasteiger partial charge in [-0.05, 0) is 36.4 Å². The van der Waals surface area contributed by atoms with Crippen molar-refractivity contribution < 1.29 is 28.5 Å². The minimum atomic E-state index is 0. The van der Waals surface area contributed by atoms with Crippen molar-refractivity contribution in [2.45, 2.75) is 0 Å². The highest BCUT2D eigenvalue weighted by Crippen LogP contribution is 2.28. The molecule has 0 radical (unpaired) electrons. The Balaban J connectivity index is 0.00000210. The smallest absolute Gasteiger partial charge is 0.0961 e. The fraction of sp³-hybridized carbons (Fsp3) is 0.286. The molecule has 4 heterocycles. The fourth-order valence-electron chi connectivity index (χ4n) is 3.25. The van der Waals surface area contributed by atoms with Gasteiger partial charge in [-0.15, -0.1) is 0 Å². The number of piperazine rings is 1. The van der Waals surface area contributed by atoms with Crippen LogP contribution in [0.4, 0.5) is 5.69 Å². The Morgan fingerprint density at radius 2 is 1.30 bits per heavy atom. The molecule has 5 nitrogen and oxygen atoms in total. The fourth-order valence-corrected chi connectivity index (χ4v) is 3.25. The molecule has 0 N–H and O–H groups in total. The summed E-state index contributed by atoms with van der Waals surface area (Å²) in [5.41, 5.74) is 4.76. The summed E-state index contributed by atoms with van der Waals surface area (Å²) in [5, 5.41) is 0. The predicted octanol–water partition coefficient (Wildman–Crippen LogP) is 0.106. The van der Waals surface area contributed by atoms with Crippen LogP contribution in [0.15, 0.2) is 60.9 Å². The summed E-state index contributed by atoms with van der Waals surface area (Å²) in [6.07, 6.45) is 3.62. The second kappa shape index (κ2) is 8.31. The average molecular weight is 473 g/mol. The van der Waals surface area contributed by atoms with Crippen molar-refractivity contribution in [3.63, 3.8) is 0 Å². The summed E-state index contributed by atoms with van der Waals surface area (Å²) in [5.74, 6) is 0. The van der Waals surface area contributed by atoms with Crippen LogP contribution in [0, 0.1) is 0 Å². The van der Waals surface area contributed by atoms with E-state index >= 15 is 0 Å². The molecule has 1 aliphatic heterocycles. The van der Waals surface area contributed by atoms with Crippen LogP contribution < -0.4 is 28.9 Å². The lowest BCUT2D eigenvalue weighted by Gasteiger charge is -2.40. The highest BCUT2D eigenvalue weighted by atomic mass is 127.